The maximum Gasteiger partial charge on any atom is 0.223 e. The summed E-state index contributed by atoms with van der Waals surface area (Å²) < 4.78 is 5.39. The van der Waals surface area contributed by atoms with Crippen molar-refractivity contribution in [2.75, 3.05) is 24.5 Å². The summed E-state index contributed by atoms with van der Waals surface area (Å²) >= 11 is 0. The quantitative estimate of drug-likeness (QED) is 0.923. The number of para-hydroxylation sites is 1. The minimum Gasteiger partial charge on any atom is -0.469 e. The molecular weight excluding hydrogens is 288 g/mol. The number of nitrogens with one attached hydrogen (secondary N) is 1. The van der Waals surface area contributed by atoms with Gasteiger partial charge in [-0.1, -0.05) is 18.2 Å². The van der Waals surface area contributed by atoms with Gasteiger partial charge in [-0.2, -0.15) is 0 Å². The van der Waals surface area contributed by atoms with E-state index in [2.05, 4.69) is 34.5 Å². The van der Waals surface area contributed by atoms with Crippen molar-refractivity contribution in [3.05, 3.63) is 54.5 Å². The lowest BCUT2D eigenvalue weighted by Gasteiger charge is -2.18. The van der Waals surface area contributed by atoms with Crippen molar-refractivity contribution >= 4 is 11.6 Å². The molecule has 4 rings (SSSR count). The van der Waals surface area contributed by atoms with Gasteiger partial charge in [-0.15, -0.1) is 0 Å². The topological polar surface area (TPSA) is 45.5 Å². The van der Waals surface area contributed by atoms with Crippen molar-refractivity contribution in [2.45, 2.75) is 18.8 Å². The number of carbonyl (C=O) groups excluding carboxylic acids is 1. The Balaban J connectivity index is 1.24. The Bertz CT molecular complexity index is 653. The molecule has 120 valence electrons. The molecule has 1 aromatic carbocycles. The zero-order valence-electron chi connectivity index (χ0n) is 13.2. The normalized spacial score (nSPS) is 26.3. The SMILES string of the molecule is O=C(NCC1CCN(c2ccccc2)C1)C1CC1c1ccco1. The molecule has 2 aromatic rings. The number of amides is 1. The predicted molar refractivity (Wildman–Crippen MR) is 89.3 cm³/mol. The van der Waals surface area contributed by atoms with Gasteiger partial charge in [0.2, 0.25) is 5.91 Å². The fourth-order valence-electron chi connectivity index (χ4n) is 3.55. The number of rotatable bonds is 5. The van der Waals surface area contributed by atoms with Crippen molar-refractivity contribution in [3.63, 3.8) is 0 Å². The molecule has 0 spiro atoms. The molecule has 1 N–H and O–H groups in total. The van der Waals surface area contributed by atoms with E-state index in [4.69, 9.17) is 4.42 Å². The number of hydrogen-bond acceptors (Lipinski definition) is 3. The second-order valence-corrected chi connectivity index (χ2v) is 6.65. The summed E-state index contributed by atoms with van der Waals surface area (Å²) in [5, 5.41) is 3.14. The van der Waals surface area contributed by atoms with Crippen LogP contribution in [0, 0.1) is 11.8 Å². The first-order valence-electron chi connectivity index (χ1n) is 8.42. The van der Waals surface area contributed by atoms with E-state index in [9.17, 15) is 4.79 Å². The largest absolute Gasteiger partial charge is 0.469 e. The highest BCUT2D eigenvalue weighted by Crippen LogP contribution is 2.47. The van der Waals surface area contributed by atoms with Gasteiger partial charge in [0.25, 0.3) is 0 Å². The summed E-state index contributed by atoms with van der Waals surface area (Å²) in [6.45, 7) is 2.88. The molecule has 1 aliphatic carbocycles. The van der Waals surface area contributed by atoms with Gasteiger partial charge in [-0.25, -0.2) is 0 Å². The molecule has 1 amide bonds. The number of nitrogens with zero attached hydrogens (tertiary/aromatic N) is 1. The van der Waals surface area contributed by atoms with Crippen LogP contribution < -0.4 is 10.2 Å². The van der Waals surface area contributed by atoms with Crippen molar-refractivity contribution in [2.24, 2.45) is 11.8 Å². The molecule has 1 saturated carbocycles. The monoisotopic (exact) mass is 310 g/mol. The maximum atomic E-state index is 12.3. The van der Waals surface area contributed by atoms with Crippen LogP contribution in [0.15, 0.2) is 53.1 Å². The number of benzene rings is 1. The molecule has 1 aromatic heterocycles. The van der Waals surface area contributed by atoms with Gasteiger partial charge < -0.3 is 14.6 Å². The van der Waals surface area contributed by atoms with Crippen LogP contribution in [0.3, 0.4) is 0 Å². The zero-order valence-corrected chi connectivity index (χ0v) is 13.2. The summed E-state index contributed by atoms with van der Waals surface area (Å²) in [7, 11) is 0. The smallest absolute Gasteiger partial charge is 0.223 e. The van der Waals surface area contributed by atoms with E-state index in [0.717, 1.165) is 38.2 Å². The maximum absolute atomic E-state index is 12.3. The van der Waals surface area contributed by atoms with Crippen LogP contribution in [0.4, 0.5) is 5.69 Å². The van der Waals surface area contributed by atoms with Gasteiger partial charge in [0, 0.05) is 37.2 Å². The van der Waals surface area contributed by atoms with Crippen LogP contribution in [0.5, 0.6) is 0 Å². The van der Waals surface area contributed by atoms with E-state index in [1.165, 1.54) is 5.69 Å². The molecule has 1 saturated heterocycles. The average Bonchev–Trinajstić information content (AvgIpc) is 3.02. The molecule has 0 bridgehead atoms. The summed E-state index contributed by atoms with van der Waals surface area (Å²) in [6, 6.07) is 14.4. The Kier molecular flexibility index (Phi) is 3.82. The molecule has 2 heterocycles. The summed E-state index contributed by atoms with van der Waals surface area (Å²) in [5.41, 5.74) is 1.28. The Hall–Kier alpha value is -2.23. The van der Waals surface area contributed by atoms with Gasteiger partial charge in [0.1, 0.15) is 5.76 Å². The van der Waals surface area contributed by atoms with Gasteiger partial charge in [-0.3, -0.25) is 4.79 Å². The standard InChI is InChI=1S/C19H22N2O2/c22-19(17-11-16(17)18-7-4-10-23-18)20-12-14-8-9-21(13-14)15-5-2-1-3-6-15/h1-7,10,14,16-17H,8-9,11-13H2,(H,20,22). The summed E-state index contributed by atoms with van der Waals surface area (Å²) in [4.78, 5) is 14.7. The number of anilines is 1. The molecule has 3 atom stereocenters. The Morgan fingerprint density at radius 1 is 1.22 bits per heavy atom. The third kappa shape index (κ3) is 3.11. The van der Waals surface area contributed by atoms with E-state index in [0.29, 0.717) is 5.92 Å². The Labute approximate surface area is 136 Å². The number of furan rings is 1. The molecule has 1 aliphatic heterocycles. The Morgan fingerprint density at radius 3 is 2.87 bits per heavy atom. The van der Waals surface area contributed by atoms with Gasteiger partial charge in [0.15, 0.2) is 0 Å². The molecule has 2 aliphatic rings. The molecule has 3 unspecified atom stereocenters. The molecule has 23 heavy (non-hydrogen) atoms. The van der Waals surface area contributed by atoms with Crippen LogP contribution in [-0.2, 0) is 4.79 Å². The minimum atomic E-state index is 0.104. The number of hydrogen-bond donors (Lipinski definition) is 1. The Morgan fingerprint density at radius 2 is 2.09 bits per heavy atom. The zero-order chi connectivity index (χ0) is 15.6. The van der Waals surface area contributed by atoms with Crippen LogP contribution >= 0.6 is 0 Å². The second kappa shape index (κ2) is 6.11. The lowest BCUT2D eigenvalue weighted by atomic mass is 10.1. The molecule has 4 nitrogen and oxygen atoms in total. The third-order valence-electron chi connectivity index (χ3n) is 5.01. The van der Waals surface area contributed by atoms with Crippen molar-refractivity contribution < 1.29 is 9.21 Å². The average molecular weight is 310 g/mol. The molecule has 0 radical (unpaired) electrons. The molecular formula is C19H22N2O2. The van der Waals surface area contributed by atoms with E-state index >= 15 is 0 Å². The van der Waals surface area contributed by atoms with Gasteiger partial charge in [0.05, 0.1) is 6.26 Å². The minimum absolute atomic E-state index is 0.104. The first-order chi connectivity index (χ1) is 11.3. The lowest BCUT2D eigenvalue weighted by Crippen LogP contribution is -2.32. The van der Waals surface area contributed by atoms with Gasteiger partial charge >= 0.3 is 0 Å². The van der Waals surface area contributed by atoms with Crippen molar-refractivity contribution in [1.82, 2.24) is 5.32 Å². The predicted octanol–water partition coefficient (Wildman–Crippen LogP) is 3.03. The van der Waals surface area contributed by atoms with E-state index in [1.54, 1.807) is 6.26 Å². The lowest BCUT2D eigenvalue weighted by molar-refractivity contribution is -0.122. The molecule has 2 fully saturated rings. The van der Waals surface area contributed by atoms with Crippen LogP contribution in [0.25, 0.3) is 0 Å². The van der Waals surface area contributed by atoms with E-state index < -0.39 is 0 Å². The highest BCUT2D eigenvalue weighted by Gasteiger charge is 2.45. The van der Waals surface area contributed by atoms with Crippen molar-refractivity contribution in [1.29, 1.82) is 0 Å². The van der Waals surface area contributed by atoms with Crippen LogP contribution in [0.2, 0.25) is 0 Å². The highest BCUT2D eigenvalue weighted by atomic mass is 16.3. The van der Waals surface area contributed by atoms with Crippen molar-refractivity contribution in [3.8, 4) is 0 Å². The van der Waals surface area contributed by atoms with E-state index in [-0.39, 0.29) is 17.7 Å². The fourth-order valence-corrected chi connectivity index (χ4v) is 3.55. The molecule has 4 heteroatoms. The second-order valence-electron chi connectivity index (χ2n) is 6.65. The first-order valence-corrected chi connectivity index (χ1v) is 8.42. The highest BCUT2D eigenvalue weighted by molar-refractivity contribution is 5.82. The van der Waals surface area contributed by atoms with Crippen LogP contribution in [-0.4, -0.2) is 25.5 Å². The van der Waals surface area contributed by atoms with E-state index in [1.807, 2.05) is 18.2 Å². The fraction of sp³-hybridized carbons (Fsp3) is 0.421. The third-order valence-corrected chi connectivity index (χ3v) is 5.01. The summed E-state index contributed by atoms with van der Waals surface area (Å²) in [5.74, 6) is 2.06. The number of carbonyl (C=O) groups is 1. The summed E-state index contributed by atoms with van der Waals surface area (Å²) in [6.07, 6.45) is 3.74. The first kappa shape index (κ1) is 14.4. The van der Waals surface area contributed by atoms with Crippen LogP contribution in [0.1, 0.15) is 24.5 Å². The van der Waals surface area contributed by atoms with Gasteiger partial charge in [-0.05, 0) is 43.0 Å².